The number of thiocarbonyl (C=S) groups is 1. The van der Waals surface area contributed by atoms with Crippen molar-refractivity contribution in [3.05, 3.63) is 82.9 Å². The predicted molar refractivity (Wildman–Crippen MR) is 145 cm³/mol. The van der Waals surface area contributed by atoms with E-state index in [0.29, 0.717) is 11.7 Å². The lowest BCUT2D eigenvalue weighted by Gasteiger charge is -2.38. The molecule has 2 N–H and O–H groups in total. The summed E-state index contributed by atoms with van der Waals surface area (Å²) in [4.78, 5) is 2.48. The third kappa shape index (κ3) is 6.05. The van der Waals surface area contributed by atoms with E-state index in [-0.39, 0.29) is 6.04 Å². The van der Waals surface area contributed by atoms with Crippen LogP contribution in [0.3, 0.4) is 0 Å². The number of methoxy groups -OCH3 is 3. The molecule has 184 valence electrons. The molecular formula is C28H33N3O3S. The zero-order chi connectivity index (χ0) is 24.8. The van der Waals surface area contributed by atoms with Crippen LogP contribution in [0.15, 0.2) is 60.7 Å². The third-order valence-electron chi connectivity index (χ3n) is 6.39. The number of fused-ring (bicyclic) bond motifs is 1. The molecule has 0 fully saturated rings. The fourth-order valence-electron chi connectivity index (χ4n) is 4.56. The molecule has 6 nitrogen and oxygen atoms in total. The summed E-state index contributed by atoms with van der Waals surface area (Å²) in [7, 11) is 5.04. The molecule has 0 spiro atoms. The van der Waals surface area contributed by atoms with Gasteiger partial charge in [-0.2, -0.15) is 0 Å². The second-order valence-corrected chi connectivity index (χ2v) is 9.10. The number of nitrogens with one attached hydrogen (secondary N) is 2. The van der Waals surface area contributed by atoms with Gasteiger partial charge in [0.2, 0.25) is 0 Å². The number of anilines is 1. The van der Waals surface area contributed by atoms with Gasteiger partial charge in [0.15, 0.2) is 16.6 Å². The highest BCUT2D eigenvalue weighted by molar-refractivity contribution is 7.80. The van der Waals surface area contributed by atoms with Gasteiger partial charge in [0.25, 0.3) is 0 Å². The second-order valence-electron chi connectivity index (χ2n) is 8.69. The minimum atomic E-state index is 0.109. The van der Waals surface area contributed by atoms with Crippen molar-refractivity contribution in [2.75, 3.05) is 39.7 Å². The molecule has 0 saturated carbocycles. The first-order valence-electron chi connectivity index (χ1n) is 11.7. The smallest absolute Gasteiger partial charge is 0.170 e. The number of hydrogen-bond donors (Lipinski definition) is 2. The predicted octanol–water partition coefficient (Wildman–Crippen LogP) is 5.11. The fraction of sp³-hybridized carbons (Fsp3) is 0.321. The molecule has 1 heterocycles. The Bertz CT molecular complexity index is 1170. The lowest BCUT2D eigenvalue weighted by atomic mass is 9.91. The van der Waals surface area contributed by atoms with Gasteiger partial charge in [0.05, 0.1) is 27.4 Å². The van der Waals surface area contributed by atoms with E-state index in [0.717, 1.165) is 42.4 Å². The molecule has 1 atom stereocenters. The van der Waals surface area contributed by atoms with Gasteiger partial charge in [-0.3, -0.25) is 4.90 Å². The van der Waals surface area contributed by atoms with Crippen LogP contribution < -0.4 is 24.8 Å². The maximum Gasteiger partial charge on any atom is 0.170 e. The number of ether oxygens (including phenoxy) is 3. The van der Waals surface area contributed by atoms with Gasteiger partial charge in [0.1, 0.15) is 5.75 Å². The summed E-state index contributed by atoms with van der Waals surface area (Å²) in [5.74, 6) is 2.36. The summed E-state index contributed by atoms with van der Waals surface area (Å²) in [6, 6.07) is 20.8. The second kappa shape index (κ2) is 11.4. The molecule has 1 aliphatic heterocycles. The van der Waals surface area contributed by atoms with Crippen molar-refractivity contribution in [2.45, 2.75) is 25.9 Å². The van der Waals surface area contributed by atoms with Crippen LogP contribution in [0.5, 0.6) is 17.2 Å². The molecule has 0 saturated heterocycles. The van der Waals surface area contributed by atoms with Crippen molar-refractivity contribution in [3.8, 4) is 17.2 Å². The molecule has 0 radical (unpaired) electrons. The van der Waals surface area contributed by atoms with E-state index in [1.807, 2.05) is 24.3 Å². The van der Waals surface area contributed by atoms with E-state index < -0.39 is 0 Å². The van der Waals surface area contributed by atoms with Crippen LogP contribution in [0, 0.1) is 6.92 Å². The van der Waals surface area contributed by atoms with Crippen LogP contribution in [-0.4, -0.2) is 44.4 Å². The molecule has 0 amide bonds. The Morgan fingerprint density at radius 1 is 0.971 bits per heavy atom. The summed E-state index contributed by atoms with van der Waals surface area (Å²) in [6.07, 6.45) is 0.939. The van der Waals surface area contributed by atoms with Gasteiger partial charge in [-0.25, -0.2) is 0 Å². The van der Waals surface area contributed by atoms with Crippen LogP contribution in [0.25, 0.3) is 0 Å². The Labute approximate surface area is 213 Å². The highest BCUT2D eigenvalue weighted by Gasteiger charge is 2.29. The molecule has 1 unspecified atom stereocenters. The Morgan fingerprint density at radius 3 is 2.40 bits per heavy atom. The normalized spacial score (nSPS) is 15.1. The van der Waals surface area contributed by atoms with E-state index in [2.05, 4.69) is 58.9 Å². The number of rotatable bonds is 8. The maximum absolute atomic E-state index is 5.63. The Kier molecular flexibility index (Phi) is 8.10. The summed E-state index contributed by atoms with van der Waals surface area (Å²) >= 11 is 5.63. The highest BCUT2D eigenvalue weighted by Crippen LogP contribution is 2.38. The van der Waals surface area contributed by atoms with Crippen LogP contribution in [-0.2, 0) is 13.0 Å². The van der Waals surface area contributed by atoms with Crippen molar-refractivity contribution < 1.29 is 14.2 Å². The Morgan fingerprint density at radius 2 is 1.71 bits per heavy atom. The van der Waals surface area contributed by atoms with Crippen LogP contribution in [0.2, 0.25) is 0 Å². The van der Waals surface area contributed by atoms with Gasteiger partial charge in [-0.15, -0.1) is 0 Å². The lowest BCUT2D eigenvalue weighted by molar-refractivity contribution is 0.176. The van der Waals surface area contributed by atoms with Crippen LogP contribution in [0.4, 0.5) is 5.69 Å². The fourth-order valence-corrected chi connectivity index (χ4v) is 4.76. The summed E-state index contributed by atoms with van der Waals surface area (Å²) in [5.41, 5.74) is 5.91. The standard InChI is InChI=1S/C28H33N3O3S/c1-19-6-5-7-22(14-19)30-28(35)29-17-25-24-16-27(34-4)26(33-3)15-21(24)12-13-31(25)18-20-8-10-23(32-2)11-9-20/h5-11,14-16,25H,12-13,17-18H2,1-4H3,(H2,29,30,35). The molecule has 0 aromatic heterocycles. The van der Waals surface area contributed by atoms with Gasteiger partial charge in [-0.05, 0) is 84.2 Å². The molecule has 4 rings (SSSR count). The lowest BCUT2D eigenvalue weighted by Crippen LogP contribution is -2.42. The Hall–Kier alpha value is -3.29. The topological polar surface area (TPSA) is 55.0 Å². The summed E-state index contributed by atoms with van der Waals surface area (Å²) in [5, 5.41) is 7.36. The van der Waals surface area contributed by atoms with Crippen molar-refractivity contribution >= 4 is 23.0 Å². The van der Waals surface area contributed by atoms with E-state index in [1.54, 1.807) is 21.3 Å². The molecule has 7 heteroatoms. The molecule has 35 heavy (non-hydrogen) atoms. The molecule has 3 aromatic carbocycles. The minimum Gasteiger partial charge on any atom is -0.497 e. The number of aryl methyl sites for hydroxylation is 1. The minimum absolute atomic E-state index is 0.109. The average Bonchev–Trinajstić information content (AvgIpc) is 2.87. The van der Waals surface area contributed by atoms with Gasteiger partial charge < -0.3 is 24.8 Å². The Balaban J connectivity index is 1.56. The first kappa shape index (κ1) is 24.8. The van der Waals surface area contributed by atoms with Gasteiger partial charge >= 0.3 is 0 Å². The third-order valence-corrected chi connectivity index (χ3v) is 6.64. The van der Waals surface area contributed by atoms with Gasteiger partial charge in [0, 0.05) is 25.3 Å². The summed E-state index contributed by atoms with van der Waals surface area (Å²) < 4.78 is 16.5. The zero-order valence-corrected chi connectivity index (χ0v) is 21.6. The van der Waals surface area contributed by atoms with Crippen molar-refractivity contribution in [2.24, 2.45) is 0 Å². The first-order chi connectivity index (χ1) is 17.0. The van der Waals surface area contributed by atoms with Crippen molar-refractivity contribution in [1.82, 2.24) is 10.2 Å². The van der Waals surface area contributed by atoms with Crippen LogP contribution >= 0.6 is 12.2 Å². The highest BCUT2D eigenvalue weighted by atomic mass is 32.1. The van der Waals surface area contributed by atoms with Gasteiger partial charge in [-0.1, -0.05) is 24.3 Å². The van der Waals surface area contributed by atoms with Crippen molar-refractivity contribution in [1.29, 1.82) is 0 Å². The maximum atomic E-state index is 5.63. The molecule has 1 aliphatic rings. The quantitative estimate of drug-likeness (QED) is 0.425. The summed E-state index contributed by atoms with van der Waals surface area (Å²) in [6.45, 7) is 4.48. The largest absolute Gasteiger partial charge is 0.497 e. The van der Waals surface area contributed by atoms with E-state index >= 15 is 0 Å². The number of nitrogens with zero attached hydrogens (tertiary/aromatic N) is 1. The average molecular weight is 492 g/mol. The molecular weight excluding hydrogens is 458 g/mol. The van der Waals surface area contributed by atoms with E-state index in [1.165, 1.54) is 22.3 Å². The first-order valence-corrected chi connectivity index (χ1v) is 12.1. The molecule has 0 aliphatic carbocycles. The SMILES string of the molecule is COc1ccc(CN2CCc3cc(OC)c(OC)cc3C2CNC(=S)Nc2cccc(C)c2)cc1. The van der Waals surface area contributed by atoms with Crippen LogP contribution in [0.1, 0.15) is 28.3 Å². The number of benzene rings is 3. The molecule has 0 bridgehead atoms. The van der Waals surface area contributed by atoms with Crippen molar-refractivity contribution in [3.63, 3.8) is 0 Å². The van der Waals surface area contributed by atoms with E-state index in [9.17, 15) is 0 Å². The monoisotopic (exact) mass is 491 g/mol. The molecule has 3 aromatic rings. The zero-order valence-electron chi connectivity index (χ0n) is 20.8. The van der Waals surface area contributed by atoms with E-state index in [4.69, 9.17) is 26.4 Å². The number of hydrogen-bond acceptors (Lipinski definition) is 5.